The lowest BCUT2D eigenvalue weighted by Crippen LogP contribution is -2.54. The maximum atomic E-state index is 13.4. The van der Waals surface area contributed by atoms with Crippen LogP contribution in [-0.2, 0) is 28.6 Å². The zero-order chi connectivity index (χ0) is 30.9. The van der Waals surface area contributed by atoms with E-state index in [2.05, 4.69) is 34.6 Å². The first-order chi connectivity index (χ1) is 19.7. The molecule has 0 amide bonds. The number of carbonyl (C=O) groups excluding carboxylic acids is 3. The molecule has 0 heterocycles. The summed E-state index contributed by atoms with van der Waals surface area (Å²) in [6.07, 6.45) is 15.0. The first kappa shape index (κ1) is 33.3. The molecular formula is C36H60O6. The zero-order valence-electron chi connectivity index (χ0n) is 28.0. The molecular weight excluding hydrogens is 528 g/mol. The third-order valence-electron chi connectivity index (χ3n) is 12.8. The molecule has 4 fully saturated rings. The average Bonchev–Trinajstić information content (AvgIpc) is 3.28. The van der Waals surface area contributed by atoms with E-state index in [0.29, 0.717) is 16.7 Å². The molecule has 4 aliphatic rings. The van der Waals surface area contributed by atoms with Crippen molar-refractivity contribution in [1.29, 1.82) is 0 Å². The molecule has 0 aliphatic heterocycles. The Hall–Kier alpha value is -1.59. The van der Waals surface area contributed by atoms with Crippen molar-refractivity contribution in [3.05, 3.63) is 0 Å². The fourth-order valence-corrected chi connectivity index (χ4v) is 10.3. The van der Waals surface area contributed by atoms with E-state index >= 15 is 0 Å². The van der Waals surface area contributed by atoms with Gasteiger partial charge in [-0.25, -0.2) is 0 Å². The summed E-state index contributed by atoms with van der Waals surface area (Å²) in [6, 6.07) is 0. The van der Waals surface area contributed by atoms with Crippen LogP contribution in [0.5, 0.6) is 0 Å². The number of hydrogen-bond acceptors (Lipinski definition) is 6. The molecule has 9 atom stereocenters. The normalized spacial score (nSPS) is 36.8. The highest BCUT2D eigenvalue weighted by molar-refractivity contribution is 5.78. The Morgan fingerprint density at radius 2 is 1.43 bits per heavy atom. The molecule has 240 valence electrons. The van der Waals surface area contributed by atoms with Crippen LogP contribution in [0.25, 0.3) is 0 Å². The van der Waals surface area contributed by atoms with Gasteiger partial charge in [-0.15, -0.1) is 0 Å². The number of carbonyl (C=O) groups is 3. The highest BCUT2D eigenvalue weighted by atomic mass is 16.6. The molecule has 6 nitrogen and oxygen atoms in total. The number of esters is 3. The first-order valence-electron chi connectivity index (χ1n) is 17.2. The summed E-state index contributed by atoms with van der Waals surface area (Å²) in [5.41, 5.74) is -0.399. The second-order valence-corrected chi connectivity index (χ2v) is 16.1. The fourth-order valence-electron chi connectivity index (χ4n) is 10.3. The minimum absolute atomic E-state index is 0.141. The molecule has 0 N–H and O–H groups in total. The molecule has 0 saturated heterocycles. The van der Waals surface area contributed by atoms with Crippen LogP contribution in [0.3, 0.4) is 0 Å². The van der Waals surface area contributed by atoms with Crippen LogP contribution in [0, 0.1) is 57.7 Å². The molecule has 4 rings (SSSR count). The summed E-state index contributed by atoms with van der Waals surface area (Å²) in [5, 5.41) is 0. The Morgan fingerprint density at radius 3 is 2.05 bits per heavy atom. The van der Waals surface area contributed by atoms with E-state index in [1.807, 2.05) is 0 Å². The summed E-state index contributed by atoms with van der Waals surface area (Å²) in [5.74, 6) is 4.18. The van der Waals surface area contributed by atoms with Crippen molar-refractivity contribution >= 4 is 17.9 Å². The molecule has 0 aromatic rings. The van der Waals surface area contributed by atoms with Crippen molar-refractivity contribution in [3.8, 4) is 0 Å². The Labute approximate surface area is 255 Å². The van der Waals surface area contributed by atoms with Crippen molar-refractivity contribution in [2.75, 3.05) is 13.2 Å². The molecule has 4 saturated carbocycles. The van der Waals surface area contributed by atoms with Gasteiger partial charge >= 0.3 is 17.9 Å². The standard InChI is InChI=1S/C36H60O6/c1-23(2)10-9-11-24(3)30-14-15-31-29-13-12-27-20-28(16-18-35(27,7)32(29)17-19-36(30,31)8)42-33(39)34(6,21-40-25(4)37)22-41-26(5)38/h23-24,27-32H,9-22H2,1-8H3/t24-,27+,28-,29?,30-,31?,32?,35+,36-/m1/s1. The number of fused-ring (bicyclic) bond motifs is 5. The Kier molecular flexibility index (Phi) is 10.5. The van der Waals surface area contributed by atoms with Crippen molar-refractivity contribution in [2.24, 2.45) is 57.7 Å². The van der Waals surface area contributed by atoms with E-state index < -0.39 is 23.3 Å². The third-order valence-corrected chi connectivity index (χ3v) is 12.8. The summed E-state index contributed by atoms with van der Waals surface area (Å²) in [7, 11) is 0. The Morgan fingerprint density at radius 1 is 0.810 bits per heavy atom. The lowest BCUT2D eigenvalue weighted by molar-refractivity contribution is -0.181. The van der Waals surface area contributed by atoms with Gasteiger partial charge in [0, 0.05) is 13.8 Å². The van der Waals surface area contributed by atoms with Crippen LogP contribution >= 0.6 is 0 Å². The van der Waals surface area contributed by atoms with Crippen LogP contribution in [0.15, 0.2) is 0 Å². The van der Waals surface area contributed by atoms with E-state index in [4.69, 9.17) is 14.2 Å². The third kappa shape index (κ3) is 6.88. The lowest BCUT2D eigenvalue weighted by Gasteiger charge is -2.61. The van der Waals surface area contributed by atoms with Gasteiger partial charge in [0.25, 0.3) is 0 Å². The molecule has 42 heavy (non-hydrogen) atoms. The molecule has 0 aromatic carbocycles. The SMILES string of the molecule is CC(=O)OCC(C)(COC(C)=O)C(=O)O[C@@H]1CC[C@]2(C)C3CC[C@@]4(C)C(CC[C@@H]4[C@H](C)CCCC(C)C)C3CC[C@H]2C1. The fraction of sp³-hybridized carbons (Fsp3) is 0.917. The molecule has 0 radical (unpaired) electrons. The van der Waals surface area contributed by atoms with Crippen LogP contribution in [0.1, 0.15) is 132 Å². The van der Waals surface area contributed by atoms with Crippen LogP contribution in [0.2, 0.25) is 0 Å². The molecule has 4 aliphatic carbocycles. The van der Waals surface area contributed by atoms with Crippen LogP contribution < -0.4 is 0 Å². The highest BCUT2D eigenvalue weighted by Crippen LogP contribution is 2.68. The van der Waals surface area contributed by atoms with Gasteiger partial charge in [-0.05, 0) is 117 Å². The van der Waals surface area contributed by atoms with Gasteiger partial charge in [0.05, 0.1) is 0 Å². The van der Waals surface area contributed by atoms with Crippen molar-refractivity contribution < 1.29 is 28.6 Å². The predicted molar refractivity (Wildman–Crippen MR) is 164 cm³/mol. The van der Waals surface area contributed by atoms with Gasteiger partial charge in [0.2, 0.25) is 0 Å². The topological polar surface area (TPSA) is 78.9 Å². The quantitative estimate of drug-likeness (QED) is 0.179. The zero-order valence-corrected chi connectivity index (χ0v) is 28.0. The highest BCUT2D eigenvalue weighted by Gasteiger charge is 2.60. The van der Waals surface area contributed by atoms with Gasteiger partial charge in [-0.2, -0.15) is 0 Å². The van der Waals surface area contributed by atoms with E-state index in [1.54, 1.807) is 6.92 Å². The minimum Gasteiger partial charge on any atom is -0.465 e. The summed E-state index contributed by atoms with van der Waals surface area (Å²) in [4.78, 5) is 36.3. The molecule has 0 aromatic heterocycles. The van der Waals surface area contributed by atoms with Gasteiger partial charge in [-0.3, -0.25) is 14.4 Å². The van der Waals surface area contributed by atoms with Crippen molar-refractivity contribution in [1.82, 2.24) is 0 Å². The van der Waals surface area contributed by atoms with E-state index in [-0.39, 0.29) is 19.3 Å². The van der Waals surface area contributed by atoms with Crippen molar-refractivity contribution in [3.63, 3.8) is 0 Å². The van der Waals surface area contributed by atoms with Crippen LogP contribution in [0.4, 0.5) is 0 Å². The molecule has 0 spiro atoms. The smallest absolute Gasteiger partial charge is 0.319 e. The second kappa shape index (κ2) is 13.2. The maximum Gasteiger partial charge on any atom is 0.319 e. The Bertz CT molecular complexity index is 956. The monoisotopic (exact) mass is 588 g/mol. The van der Waals surface area contributed by atoms with Gasteiger partial charge in [0.1, 0.15) is 24.7 Å². The second-order valence-electron chi connectivity index (χ2n) is 16.1. The number of hydrogen-bond donors (Lipinski definition) is 0. The minimum atomic E-state index is -1.21. The maximum absolute atomic E-state index is 13.4. The molecule has 6 heteroatoms. The Balaban J connectivity index is 1.38. The van der Waals surface area contributed by atoms with E-state index in [9.17, 15) is 14.4 Å². The largest absolute Gasteiger partial charge is 0.465 e. The van der Waals surface area contributed by atoms with Gasteiger partial charge < -0.3 is 14.2 Å². The summed E-state index contributed by atoms with van der Waals surface area (Å²) < 4.78 is 16.4. The van der Waals surface area contributed by atoms with Gasteiger partial charge in [0.15, 0.2) is 0 Å². The lowest BCUT2D eigenvalue weighted by atomic mass is 9.44. The van der Waals surface area contributed by atoms with Crippen molar-refractivity contribution in [2.45, 2.75) is 139 Å². The predicted octanol–water partition coefficient (Wildman–Crippen LogP) is 8.15. The first-order valence-corrected chi connectivity index (χ1v) is 17.2. The van der Waals surface area contributed by atoms with E-state index in [0.717, 1.165) is 54.8 Å². The number of ether oxygens (including phenoxy) is 3. The van der Waals surface area contributed by atoms with Gasteiger partial charge in [-0.1, -0.05) is 53.9 Å². The van der Waals surface area contributed by atoms with Crippen LogP contribution in [-0.4, -0.2) is 37.2 Å². The molecule has 3 unspecified atom stereocenters. The van der Waals surface area contributed by atoms with E-state index in [1.165, 1.54) is 71.6 Å². The summed E-state index contributed by atoms with van der Waals surface area (Å²) >= 11 is 0. The average molecular weight is 589 g/mol. The summed E-state index contributed by atoms with van der Waals surface area (Å²) in [6.45, 7) is 16.4. The molecule has 0 bridgehead atoms. The number of rotatable bonds is 11.